The maximum absolute atomic E-state index is 7.51. The van der Waals surface area contributed by atoms with Gasteiger partial charge in [-0.05, 0) is 12.0 Å². The number of hydrogen-bond donors (Lipinski definition) is 0. The summed E-state index contributed by atoms with van der Waals surface area (Å²) in [6.45, 7) is 0. The van der Waals surface area contributed by atoms with Crippen LogP contribution in [0.2, 0.25) is 0 Å². The molecule has 0 amide bonds. The molecule has 9 heavy (non-hydrogen) atoms. The summed E-state index contributed by atoms with van der Waals surface area (Å²) in [5.74, 6) is 0.244. The maximum Gasteiger partial charge on any atom is 0.0626 e. The Balaban J connectivity index is 3.43. The monoisotopic (exact) mass is 145 g/mol. The van der Waals surface area contributed by atoms with Crippen LogP contribution >= 0.6 is 11.6 Å². The fourth-order valence-corrected chi connectivity index (χ4v) is 0.684. The summed E-state index contributed by atoms with van der Waals surface area (Å²) < 4.78 is 37.1. The van der Waals surface area contributed by atoms with Crippen molar-refractivity contribution >= 4 is 11.6 Å². The first-order chi connectivity index (χ1) is 6.50. The van der Waals surface area contributed by atoms with E-state index in [0.29, 0.717) is 0 Å². The molecule has 0 nitrogen and oxygen atoms in total. The highest BCUT2D eigenvalue weighted by atomic mass is 35.5. The minimum absolute atomic E-state index is 0.156. The summed E-state index contributed by atoms with van der Waals surface area (Å²) in [7, 11) is 0. The van der Waals surface area contributed by atoms with Crippen molar-refractivity contribution in [1.82, 2.24) is 0 Å². The molecule has 0 radical (unpaired) electrons. The van der Waals surface area contributed by atoms with Crippen LogP contribution in [0.25, 0.3) is 0 Å². The van der Waals surface area contributed by atoms with E-state index in [1.165, 1.54) is 0 Å². The van der Waals surface area contributed by atoms with E-state index in [1.54, 1.807) is 0 Å². The lowest BCUT2D eigenvalue weighted by Gasteiger charge is -1.92. The third-order valence-electron chi connectivity index (χ3n) is 0.896. The van der Waals surface area contributed by atoms with E-state index in [0.717, 1.165) is 0 Å². The third-order valence-corrected chi connectivity index (χ3v) is 1.09. The fraction of sp³-hybridized carbons (Fsp3) is 0.250. The zero-order valence-electron chi connectivity index (χ0n) is 9.79. The molecule has 0 aromatic heterocycles. The zero-order valence-corrected chi connectivity index (χ0v) is 5.55. The van der Waals surface area contributed by atoms with Gasteiger partial charge in [-0.15, -0.1) is 11.6 Å². The van der Waals surface area contributed by atoms with Gasteiger partial charge in [0, 0.05) is 5.88 Å². The predicted molar refractivity (Wildman–Crippen MR) is 40.9 cm³/mol. The largest absolute Gasteiger partial charge is 0.126 e. The molecule has 0 aliphatic carbocycles. The Hall–Kier alpha value is -0.490. The molecule has 0 N–H and O–H groups in total. The minimum Gasteiger partial charge on any atom is -0.126 e. The van der Waals surface area contributed by atoms with Crippen LogP contribution in [-0.2, 0) is 6.42 Å². The maximum atomic E-state index is 7.51. The van der Waals surface area contributed by atoms with Crippen LogP contribution in [0.5, 0.6) is 0 Å². The van der Waals surface area contributed by atoms with Crippen molar-refractivity contribution < 1.29 is 6.85 Å². The van der Waals surface area contributed by atoms with Gasteiger partial charge in [0.1, 0.15) is 0 Å². The molecule has 0 saturated heterocycles. The van der Waals surface area contributed by atoms with Crippen molar-refractivity contribution in [1.29, 1.82) is 0 Å². The van der Waals surface area contributed by atoms with E-state index in [4.69, 9.17) is 18.5 Å². The molecule has 0 aliphatic rings. The second-order valence-corrected chi connectivity index (χ2v) is 1.92. The topological polar surface area (TPSA) is 0 Å². The normalized spacial score (nSPS) is 17.2. The lowest BCUT2D eigenvalue weighted by atomic mass is 10.2. The lowest BCUT2D eigenvalue weighted by Crippen LogP contribution is -1.82. The lowest BCUT2D eigenvalue weighted by molar-refractivity contribution is 1.15. The zero-order chi connectivity index (χ0) is 10.9. The van der Waals surface area contributed by atoms with E-state index in [1.807, 2.05) is 0 Å². The fourth-order valence-electron chi connectivity index (χ4n) is 0.495. The molecule has 0 spiro atoms. The summed E-state index contributed by atoms with van der Waals surface area (Å²) in [4.78, 5) is 0. The first-order valence-corrected chi connectivity index (χ1v) is 3.16. The van der Waals surface area contributed by atoms with Gasteiger partial charge in [-0.2, -0.15) is 0 Å². The summed E-state index contributed by atoms with van der Waals surface area (Å²) in [6, 6.07) is -1.27. The molecule has 0 unspecified atom stereocenters. The molecule has 1 aromatic rings. The highest BCUT2D eigenvalue weighted by Crippen LogP contribution is 1.99. The minimum atomic E-state index is -0.363. The Bertz CT molecular complexity index is 334. The van der Waals surface area contributed by atoms with Crippen molar-refractivity contribution in [3.05, 3.63) is 35.8 Å². The molecule has 0 bridgehead atoms. The van der Waals surface area contributed by atoms with Gasteiger partial charge in [0.2, 0.25) is 0 Å². The van der Waals surface area contributed by atoms with Crippen LogP contribution in [0.15, 0.2) is 30.2 Å². The van der Waals surface area contributed by atoms with Crippen LogP contribution in [0.3, 0.4) is 0 Å². The smallest absolute Gasteiger partial charge is 0.0626 e. The summed E-state index contributed by atoms with van der Waals surface area (Å²) in [5, 5.41) is 0. The molecule has 48 valence electrons. The van der Waals surface area contributed by atoms with E-state index in [9.17, 15) is 0 Å². The second-order valence-electron chi connectivity index (χ2n) is 1.54. The number of rotatable bonds is 2. The standard InChI is InChI=1S/C8H9Cl/c9-7-6-8-4-2-1-3-5-8/h1-5H,6-7H2/i1D,2D,3D,4D,5D. The molecule has 0 atom stereocenters. The molecule has 0 heterocycles. The Labute approximate surface area is 67.5 Å². The van der Waals surface area contributed by atoms with Gasteiger partial charge < -0.3 is 0 Å². The van der Waals surface area contributed by atoms with Crippen LogP contribution in [0, 0.1) is 0 Å². The van der Waals surface area contributed by atoms with E-state index in [2.05, 4.69) is 0 Å². The number of alkyl halides is 1. The number of halogens is 1. The van der Waals surface area contributed by atoms with E-state index in [-0.39, 0.29) is 48.1 Å². The first-order valence-electron chi connectivity index (χ1n) is 5.12. The first kappa shape index (κ1) is 2.63. The van der Waals surface area contributed by atoms with Crippen molar-refractivity contribution in [3.8, 4) is 0 Å². The predicted octanol–water partition coefficient (Wildman–Crippen LogP) is 2.47. The highest BCUT2D eigenvalue weighted by Gasteiger charge is 1.85. The van der Waals surface area contributed by atoms with Crippen LogP contribution < -0.4 is 0 Å². The van der Waals surface area contributed by atoms with E-state index < -0.39 is 0 Å². The van der Waals surface area contributed by atoms with Crippen molar-refractivity contribution in [2.75, 3.05) is 5.88 Å². The van der Waals surface area contributed by atoms with Gasteiger partial charge >= 0.3 is 0 Å². The average molecular weight is 146 g/mol. The average Bonchev–Trinajstić information content (AvgIpc) is 2.19. The Morgan fingerprint density at radius 3 is 2.56 bits per heavy atom. The molecule has 1 heteroatoms. The van der Waals surface area contributed by atoms with Gasteiger partial charge in [-0.3, -0.25) is 0 Å². The second kappa shape index (κ2) is 3.52. The molecular weight excluding hydrogens is 132 g/mol. The van der Waals surface area contributed by atoms with Gasteiger partial charge in [-0.25, -0.2) is 0 Å². The SMILES string of the molecule is [2H]c1c([2H])c([2H])c(CCCl)c([2H])c1[2H]. The Morgan fingerprint density at radius 2 is 2.00 bits per heavy atom. The number of hydrogen-bond acceptors (Lipinski definition) is 0. The third kappa shape index (κ3) is 2.06. The van der Waals surface area contributed by atoms with Gasteiger partial charge in [0.15, 0.2) is 0 Å². The van der Waals surface area contributed by atoms with Crippen molar-refractivity contribution in [2.24, 2.45) is 0 Å². The van der Waals surface area contributed by atoms with Gasteiger partial charge in [0.25, 0.3) is 0 Å². The Morgan fingerprint density at radius 1 is 1.33 bits per heavy atom. The van der Waals surface area contributed by atoms with Gasteiger partial charge in [0.05, 0.1) is 6.85 Å². The molecule has 0 saturated carbocycles. The highest BCUT2D eigenvalue weighted by molar-refractivity contribution is 6.17. The molecule has 0 aliphatic heterocycles. The van der Waals surface area contributed by atoms with Crippen LogP contribution in [-0.4, -0.2) is 5.88 Å². The molecule has 1 rings (SSSR count). The quantitative estimate of drug-likeness (QED) is 0.561. The van der Waals surface area contributed by atoms with Crippen LogP contribution in [0.4, 0.5) is 0 Å². The van der Waals surface area contributed by atoms with Crippen molar-refractivity contribution in [3.63, 3.8) is 0 Å². The van der Waals surface area contributed by atoms with Crippen molar-refractivity contribution in [2.45, 2.75) is 6.42 Å². The summed E-state index contributed by atoms with van der Waals surface area (Å²) >= 11 is 5.49. The van der Waals surface area contributed by atoms with E-state index >= 15 is 0 Å². The van der Waals surface area contributed by atoms with Crippen LogP contribution in [0.1, 0.15) is 12.4 Å². The number of benzene rings is 1. The molecule has 1 aromatic carbocycles. The molecular formula is C8H9Cl. The molecule has 0 fully saturated rings. The summed E-state index contributed by atoms with van der Waals surface area (Å²) in [6.07, 6.45) is 0.289. The Kier molecular flexibility index (Phi) is 1.03. The summed E-state index contributed by atoms with van der Waals surface area (Å²) in [5.41, 5.74) is 0.283. The van der Waals surface area contributed by atoms with Gasteiger partial charge in [-0.1, -0.05) is 30.2 Å².